The summed E-state index contributed by atoms with van der Waals surface area (Å²) in [7, 11) is -2.44. The van der Waals surface area contributed by atoms with Gasteiger partial charge in [0.15, 0.2) is 0 Å². The molecule has 0 saturated heterocycles. The van der Waals surface area contributed by atoms with Crippen molar-refractivity contribution in [3.05, 3.63) is 90.0 Å². The highest BCUT2D eigenvalue weighted by molar-refractivity contribution is 7.89. The van der Waals surface area contributed by atoms with Crippen molar-refractivity contribution in [2.45, 2.75) is 24.2 Å². The Morgan fingerprint density at radius 1 is 0.935 bits per heavy atom. The van der Waals surface area contributed by atoms with Crippen LogP contribution < -0.4 is 14.8 Å². The van der Waals surface area contributed by atoms with Crippen LogP contribution in [0.1, 0.15) is 30.4 Å². The van der Waals surface area contributed by atoms with E-state index in [9.17, 15) is 13.2 Å². The number of hydrogen-bond acceptors (Lipinski definition) is 4. The van der Waals surface area contributed by atoms with Crippen LogP contribution in [0.15, 0.2) is 83.8 Å². The second-order valence-electron chi connectivity index (χ2n) is 7.11. The minimum Gasteiger partial charge on any atom is -0.495 e. The van der Waals surface area contributed by atoms with Crippen molar-refractivity contribution in [1.29, 1.82) is 0 Å². The number of sulfonamides is 1. The summed E-state index contributed by atoms with van der Waals surface area (Å²) in [6.45, 7) is 1.61. The third-order valence-electron chi connectivity index (χ3n) is 4.90. The van der Waals surface area contributed by atoms with Crippen LogP contribution in [-0.2, 0) is 14.8 Å². The summed E-state index contributed by atoms with van der Waals surface area (Å²) in [5.41, 5.74) is 2.64. The molecule has 0 aromatic heterocycles. The molecule has 1 amide bonds. The molecule has 0 heterocycles. The SMILES string of the molecule is COc1ccc(NC(C)=O)cc1S(=O)(=O)NCCC(c1ccccc1)c1ccccc1. The fraction of sp³-hybridized carbons (Fsp3) is 0.208. The Morgan fingerprint density at radius 2 is 1.52 bits per heavy atom. The molecule has 2 N–H and O–H groups in total. The molecule has 162 valence electrons. The van der Waals surface area contributed by atoms with Gasteiger partial charge in [0.1, 0.15) is 10.6 Å². The van der Waals surface area contributed by atoms with Gasteiger partial charge in [-0.05, 0) is 35.7 Å². The quantitative estimate of drug-likeness (QED) is 0.526. The predicted octanol–water partition coefficient (Wildman–Crippen LogP) is 4.15. The van der Waals surface area contributed by atoms with E-state index in [1.807, 2.05) is 60.7 Å². The topological polar surface area (TPSA) is 84.5 Å². The van der Waals surface area contributed by atoms with E-state index in [1.165, 1.54) is 26.2 Å². The lowest BCUT2D eigenvalue weighted by atomic mass is 9.89. The van der Waals surface area contributed by atoms with E-state index >= 15 is 0 Å². The number of nitrogens with one attached hydrogen (secondary N) is 2. The van der Waals surface area contributed by atoms with Crippen molar-refractivity contribution < 1.29 is 17.9 Å². The molecule has 0 aliphatic rings. The van der Waals surface area contributed by atoms with Gasteiger partial charge in [-0.1, -0.05) is 60.7 Å². The van der Waals surface area contributed by atoms with E-state index in [0.717, 1.165) is 11.1 Å². The number of carbonyl (C=O) groups is 1. The summed E-state index contributed by atoms with van der Waals surface area (Å²) in [6, 6.07) is 24.6. The Bertz CT molecular complexity index is 1080. The molecule has 3 aromatic carbocycles. The molecule has 7 heteroatoms. The number of anilines is 1. The van der Waals surface area contributed by atoms with Gasteiger partial charge in [-0.2, -0.15) is 0 Å². The number of rotatable bonds is 9. The van der Waals surface area contributed by atoms with Gasteiger partial charge < -0.3 is 10.1 Å². The third kappa shape index (κ3) is 5.93. The molecule has 0 saturated carbocycles. The number of benzene rings is 3. The number of hydrogen-bond donors (Lipinski definition) is 2. The van der Waals surface area contributed by atoms with Crippen molar-refractivity contribution in [2.75, 3.05) is 19.0 Å². The average Bonchev–Trinajstić information content (AvgIpc) is 2.77. The Labute approximate surface area is 183 Å². The largest absolute Gasteiger partial charge is 0.495 e. The second kappa shape index (κ2) is 10.2. The first kappa shape index (κ1) is 22.5. The Hall–Kier alpha value is -3.16. The lowest BCUT2D eigenvalue weighted by Gasteiger charge is -2.19. The third-order valence-corrected chi connectivity index (χ3v) is 6.38. The highest BCUT2D eigenvalue weighted by atomic mass is 32.2. The molecule has 0 unspecified atom stereocenters. The molecule has 0 bridgehead atoms. The van der Waals surface area contributed by atoms with Crippen LogP contribution in [0, 0.1) is 0 Å². The van der Waals surface area contributed by atoms with E-state index in [0.29, 0.717) is 12.1 Å². The zero-order chi connectivity index (χ0) is 22.3. The number of ether oxygens (including phenoxy) is 1. The number of carbonyl (C=O) groups excluding carboxylic acids is 1. The molecule has 0 fully saturated rings. The van der Waals surface area contributed by atoms with Crippen LogP contribution in [0.5, 0.6) is 5.75 Å². The highest BCUT2D eigenvalue weighted by Crippen LogP contribution is 2.29. The maximum Gasteiger partial charge on any atom is 0.244 e. The van der Waals surface area contributed by atoms with E-state index in [2.05, 4.69) is 10.0 Å². The Morgan fingerprint density at radius 3 is 2.03 bits per heavy atom. The molecular weight excluding hydrogens is 412 g/mol. The maximum absolute atomic E-state index is 13.0. The normalized spacial score (nSPS) is 11.3. The summed E-state index contributed by atoms with van der Waals surface area (Å²) in [6.07, 6.45) is 0.584. The first-order valence-corrected chi connectivity index (χ1v) is 11.4. The van der Waals surface area contributed by atoms with Gasteiger partial charge >= 0.3 is 0 Å². The van der Waals surface area contributed by atoms with Crippen LogP contribution in [0.2, 0.25) is 0 Å². The first-order chi connectivity index (χ1) is 14.9. The minimum atomic E-state index is -3.85. The lowest BCUT2D eigenvalue weighted by molar-refractivity contribution is -0.114. The molecule has 0 spiro atoms. The Kier molecular flexibility index (Phi) is 7.44. The summed E-state index contributed by atoms with van der Waals surface area (Å²) in [5.74, 6) is -0.0166. The van der Waals surface area contributed by atoms with Gasteiger partial charge in [-0.15, -0.1) is 0 Å². The molecule has 0 aliphatic carbocycles. The van der Waals surface area contributed by atoms with Crippen LogP contribution >= 0.6 is 0 Å². The Balaban J connectivity index is 1.80. The molecule has 0 aliphatic heterocycles. The zero-order valence-corrected chi connectivity index (χ0v) is 18.4. The van der Waals surface area contributed by atoms with Crippen LogP contribution in [-0.4, -0.2) is 28.0 Å². The summed E-state index contributed by atoms with van der Waals surface area (Å²) in [4.78, 5) is 11.3. The molecule has 6 nitrogen and oxygen atoms in total. The fourth-order valence-electron chi connectivity index (χ4n) is 3.48. The fourth-order valence-corrected chi connectivity index (χ4v) is 4.72. The van der Waals surface area contributed by atoms with Gasteiger partial charge in [0.05, 0.1) is 7.11 Å². The summed E-state index contributed by atoms with van der Waals surface area (Å²) >= 11 is 0. The number of amides is 1. The molecule has 3 rings (SSSR count). The smallest absolute Gasteiger partial charge is 0.244 e. The molecule has 0 atom stereocenters. The number of methoxy groups -OCH3 is 1. The average molecular weight is 439 g/mol. The summed E-state index contributed by atoms with van der Waals surface area (Å²) < 4.78 is 33.9. The van der Waals surface area contributed by atoms with Crippen molar-refractivity contribution in [3.8, 4) is 5.75 Å². The minimum absolute atomic E-state index is 0.0165. The monoisotopic (exact) mass is 438 g/mol. The molecule has 0 radical (unpaired) electrons. The van der Waals surface area contributed by atoms with Gasteiger partial charge in [-0.25, -0.2) is 13.1 Å². The van der Waals surface area contributed by atoms with Gasteiger partial charge in [0, 0.05) is 25.1 Å². The standard InChI is InChI=1S/C24H26N2O4S/c1-18(27)26-21-13-14-23(30-2)24(17-21)31(28,29)25-16-15-22(19-9-5-3-6-10-19)20-11-7-4-8-12-20/h3-14,17,22,25H,15-16H2,1-2H3,(H,26,27). The summed E-state index contributed by atoms with van der Waals surface area (Å²) in [5, 5.41) is 2.60. The van der Waals surface area contributed by atoms with Crippen LogP contribution in [0.3, 0.4) is 0 Å². The van der Waals surface area contributed by atoms with E-state index in [-0.39, 0.29) is 29.0 Å². The zero-order valence-electron chi connectivity index (χ0n) is 17.5. The van der Waals surface area contributed by atoms with E-state index in [1.54, 1.807) is 6.07 Å². The van der Waals surface area contributed by atoms with Gasteiger partial charge in [-0.3, -0.25) is 4.79 Å². The van der Waals surface area contributed by atoms with Crippen molar-refractivity contribution >= 4 is 21.6 Å². The van der Waals surface area contributed by atoms with Crippen LogP contribution in [0.4, 0.5) is 5.69 Å². The lowest BCUT2D eigenvalue weighted by Crippen LogP contribution is -2.26. The maximum atomic E-state index is 13.0. The van der Waals surface area contributed by atoms with Crippen LogP contribution in [0.25, 0.3) is 0 Å². The van der Waals surface area contributed by atoms with Crippen molar-refractivity contribution in [1.82, 2.24) is 4.72 Å². The van der Waals surface area contributed by atoms with E-state index in [4.69, 9.17) is 4.74 Å². The molecular formula is C24H26N2O4S. The molecule has 31 heavy (non-hydrogen) atoms. The van der Waals surface area contributed by atoms with Crippen molar-refractivity contribution in [3.63, 3.8) is 0 Å². The predicted molar refractivity (Wildman–Crippen MR) is 122 cm³/mol. The van der Waals surface area contributed by atoms with Gasteiger partial charge in [0.25, 0.3) is 0 Å². The molecule has 3 aromatic rings. The second-order valence-corrected chi connectivity index (χ2v) is 8.84. The van der Waals surface area contributed by atoms with E-state index < -0.39 is 10.0 Å². The van der Waals surface area contributed by atoms with Crippen molar-refractivity contribution in [2.24, 2.45) is 0 Å². The highest BCUT2D eigenvalue weighted by Gasteiger charge is 2.21. The first-order valence-electron chi connectivity index (χ1n) is 9.96. The van der Waals surface area contributed by atoms with Gasteiger partial charge in [0.2, 0.25) is 15.9 Å².